The number of amides is 1. The van der Waals surface area contributed by atoms with E-state index in [-0.39, 0.29) is 11.7 Å². The molecule has 4 aromatic rings. The van der Waals surface area contributed by atoms with Crippen LogP contribution in [0.1, 0.15) is 18.1 Å². The van der Waals surface area contributed by atoms with Crippen LogP contribution in [0.4, 0.5) is 0 Å². The highest BCUT2D eigenvalue weighted by molar-refractivity contribution is 7.99. The first-order valence-electron chi connectivity index (χ1n) is 9.94. The van der Waals surface area contributed by atoms with E-state index in [0.717, 1.165) is 17.0 Å². The summed E-state index contributed by atoms with van der Waals surface area (Å²) in [6, 6.07) is 13.6. The van der Waals surface area contributed by atoms with E-state index in [9.17, 15) is 9.59 Å². The van der Waals surface area contributed by atoms with Crippen LogP contribution in [-0.4, -0.2) is 31.0 Å². The molecule has 0 fully saturated rings. The first-order chi connectivity index (χ1) is 15.0. The van der Waals surface area contributed by atoms with Crippen molar-refractivity contribution >= 4 is 28.8 Å². The van der Waals surface area contributed by atoms with Crippen molar-refractivity contribution in [3.8, 4) is 11.4 Å². The molecule has 0 spiro atoms. The van der Waals surface area contributed by atoms with Gasteiger partial charge in [-0.05, 0) is 31.5 Å². The van der Waals surface area contributed by atoms with Crippen molar-refractivity contribution in [2.24, 2.45) is 7.05 Å². The number of nitrogens with one attached hydrogen (secondary N) is 1. The maximum absolute atomic E-state index is 12.4. The average Bonchev–Trinajstić information content (AvgIpc) is 3.31. The molecule has 31 heavy (non-hydrogen) atoms. The Morgan fingerprint density at radius 3 is 2.68 bits per heavy atom. The lowest BCUT2D eigenvalue weighted by Gasteiger charge is -2.08. The molecule has 1 N–H and O–H groups in total. The molecule has 0 unspecified atom stereocenters. The number of hydrogen-bond acceptors (Lipinski definition) is 6. The number of carbonyl (C=O) groups is 1. The number of nitrogens with zero attached hydrogens (tertiary/aromatic N) is 4. The highest BCUT2D eigenvalue weighted by Crippen LogP contribution is 2.24. The van der Waals surface area contributed by atoms with Gasteiger partial charge >= 0.3 is 5.76 Å². The standard InChI is InChI=1S/C22H23N5O3S/c1-4-27-20(16-8-5-14(2)6-9-16)24-25-21(27)31-13-19(28)23-12-15-7-10-18-17(11-15)26(3)22(29)30-18/h5-11H,4,12-13H2,1-3H3,(H,23,28). The van der Waals surface area contributed by atoms with Gasteiger partial charge in [0.2, 0.25) is 5.91 Å². The van der Waals surface area contributed by atoms with Gasteiger partial charge < -0.3 is 14.3 Å². The number of fused-ring (bicyclic) bond motifs is 1. The zero-order valence-electron chi connectivity index (χ0n) is 17.6. The molecule has 0 aliphatic heterocycles. The minimum Gasteiger partial charge on any atom is -0.408 e. The van der Waals surface area contributed by atoms with Crippen LogP contribution in [0.2, 0.25) is 0 Å². The Bertz CT molecular complexity index is 1290. The fourth-order valence-corrected chi connectivity index (χ4v) is 4.09. The van der Waals surface area contributed by atoms with Gasteiger partial charge in [0, 0.05) is 25.7 Å². The molecule has 0 radical (unpaired) electrons. The van der Waals surface area contributed by atoms with Crippen LogP contribution >= 0.6 is 11.8 Å². The second-order valence-electron chi connectivity index (χ2n) is 7.21. The van der Waals surface area contributed by atoms with E-state index in [1.807, 2.05) is 54.8 Å². The second kappa shape index (κ2) is 8.81. The molecule has 8 nitrogen and oxygen atoms in total. The summed E-state index contributed by atoms with van der Waals surface area (Å²) in [6.07, 6.45) is 0. The number of hydrogen-bond donors (Lipinski definition) is 1. The molecule has 1 amide bonds. The summed E-state index contributed by atoms with van der Waals surface area (Å²) >= 11 is 1.36. The SMILES string of the molecule is CCn1c(SCC(=O)NCc2ccc3oc(=O)n(C)c3c2)nnc1-c1ccc(C)cc1. The van der Waals surface area contributed by atoms with E-state index >= 15 is 0 Å². The number of carbonyl (C=O) groups excluding carboxylic acids is 1. The zero-order chi connectivity index (χ0) is 22.0. The highest BCUT2D eigenvalue weighted by Gasteiger charge is 2.15. The van der Waals surface area contributed by atoms with E-state index < -0.39 is 5.76 Å². The van der Waals surface area contributed by atoms with Gasteiger partial charge in [0.25, 0.3) is 0 Å². The van der Waals surface area contributed by atoms with E-state index in [1.54, 1.807) is 13.1 Å². The number of benzene rings is 2. The summed E-state index contributed by atoms with van der Waals surface area (Å²) in [5.41, 5.74) is 4.31. The smallest absolute Gasteiger partial charge is 0.408 e. The second-order valence-corrected chi connectivity index (χ2v) is 8.15. The zero-order valence-corrected chi connectivity index (χ0v) is 18.4. The lowest BCUT2D eigenvalue weighted by molar-refractivity contribution is -0.118. The fraction of sp³-hybridized carbons (Fsp3) is 0.273. The van der Waals surface area contributed by atoms with E-state index in [4.69, 9.17) is 4.42 Å². The quantitative estimate of drug-likeness (QED) is 0.447. The summed E-state index contributed by atoms with van der Waals surface area (Å²) < 4.78 is 8.58. The largest absolute Gasteiger partial charge is 0.419 e. The number of rotatable bonds is 7. The number of aromatic nitrogens is 4. The van der Waals surface area contributed by atoms with Gasteiger partial charge in [-0.1, -0.05) is 47.7 Å². The van der Waals surface area contributed by atoms with Crippen LogP contribution in [-0.2, 0) is 24.9 Å². The van der Waals surface area contributed by atoms with Gasteiger partial charge in [-0.15, -0.1) is 10.2 Å². The molecular weight excluding hydrogens is 414 g/mol. The van der Waals surface area contributed by atoms with Crippen LogP contribution in [0.25, 0.3) is 22.5 Å². The van der Waals surface area contributed by atoms with E-state index in [2.05, 4.69) is 15.5 Å². The van der Waals surface area contributed by atoms with Gasteiger partial charge in [-0.2, -0.15) is 0 Å². The van der Waals surface area contributed by atoms with Crippen LogP contribution < -0.4 is 11.1 Å². The van der Waals surface area contributed by atoms with E-state index in [1.165, 1.54) is 21.9 Å². The van der Waals surface area contributed by atoms with E-state index in [0.29, 0.717) is 29.3 Å². The predicted octanol–water partition coefficient (Wildman–Crippen LogP) is 3.13. The maximum atomic E-state index is 12.4. The molecule has 2 aromatic carbocycles. The van der Waals surface area contributed by atoms with Crippen molar-refractivity contribution in [1.82, 2.24) is 24.6 Å². The summed E-state index contributed by atoms with van der Waals surface area (Å²) in [6.45, 7) is 5.15. The van der Waals surface area contributed by atoms with Crippen molar-refractivity contribution in [2.75, 3.05) is 5.75 Å². The molecule has 2 heterocycles. The Kier molecular flexibility index (Phi) is 5.94. The van der Waals surface area contributed by atoms with Gasteiger partial charge in [-0.3, -0.25) is 9.36 Å². The number of aryl methyl sites for hydroxylation is 2. The Balaban J connectivity index is 1.38. The summed E-state index contributed by atoms with van der Waals surface area (Å²) in [5, 5.41) is 12.2. The van der Waals surface area contributed by atoms with Gasteiger partial charge in [0.1, 0.15) is 0 Å². The molecule has 4 rings (SSSR count). The predicted molar refractivity (Wildman–Crippen MR) is 120 cm³/mol. The molecule has 2 aromatic heterocycles. The molecule has 0 atom stereocenters. The van der Waals surface area contributed by atoms with Gasteiger partial charge in [0.15, 0.2) is 16.6 Å². The third kappa shape index (κ3) is 4.41. The highest BCUT2D eigenvalue weighted by atomic mass is 32.2. The summed E-state index contributed by atoms with van der Waals surface area (Å²) in [7, 11) is 1.65. The third-order valence-electron chi connectivity index (χ3n) is 5.02. The lowest BCUT2D eigenvalue weighted by Crippen LogP contribution is -2.24. The topological polar surface area (TPSA) is 95.0 Å². The average molecular weight is 438 g/mol. The number of oxazole rings is 1. The summed E-state index contributed by atoms with van der Waals surface area (Å²) in [5.74, 6) is 0.522. The Labute approximate surface area is 183 Å². The lowest BCUT2D eigenvalue weighted by atomic mass is 10.1. The molecule has 160 valence electrons. The van der Waals surface area contributed by atoms with Crippen LogP contribution in [0.15, 0.2) is 56.8 Å². The molecule has 0 saturated heterocycles. The minimum absolute atomic E-state index is 0.103. The van der Waals surface area contributed by atoms with Crippen molar-refractivity contribution in [2.45, 2.75) is 32.1 Å². The number of thioether (sulfide) groups is 1. The monoisotopic (exact) mass is 437 g/mol. The first kappa shape index (κ1) is 20.9. The van der Waals surface area contributed by atoms with Gasteiger partial charge in [-0.25, -0.2) is 4.79 Å². The van der Waals surface area contributed by atoms with Gasteiger partial charge in [0.05, 0.1) is 11.3 Å². The molecule has 9 heteroatoms. The third-order valence-corrected chi connectivity index (χ3v) is 5.99. The molecule has 0 aliphatic carbocycles. The Morgan fingerprint density at radius 2 is 1.94 bits per heavy atom. The van der Waals surface area contributed by atoms with Crippen LogP contribution in [0, 0.1) is 6.92 Å². The van der Waals surface area contributed by atoms with Crippen molar-refractivity contribution in [3.05, 3.63) is 64.1 Å². The Hall–Kier alpha value is -3.33. The van der Waals surface area contributed by atoms with Crippen molar-refractivity contribution in [1.29, 1.82) is 0 Å². The molecular formula is C22H23N5O3S. The first-order valence-corrected chi connectivity index (χ1v) is 10.9. The molecule has 0 aliphatic rings. The maximum Gasteiger partial charge on any atom is 0.419 e. The van der Waals surface area contributed by atoms with Crippen molar-refractivity contribution in [3.63, 3.8) is 0 Å². The fourth-order valence-electron chi connectivity index (χ4n) is 3.26. The van der Waals surface area contributed by atoms with Crippen LogP contribution in [0.3, 0.4) is 0 Å². The minimum atomic E-state index is -0.405. The normalized spacial score (nSPS) is 11.2. The van der Waals surface area contributed by atoms with Crippen molar-refractivity contribution < 1.29 is 9.21 Å². The Morgan fingerprint density at radius 1 is 1.16 bits per heavy atom. The molecule has 0 saturated carbocycles. The summed E-state index contributed by atoms with van der Waals surface area (Å²) in [4.78, 5) is 24.0. The van der Waals surface area contributed by atoms with Crippen LogP contribution in [0.5, 0.6) is 0 Å². The molecule has 0 bridgehead atoms.